The zero-order chi connectivity index (χ0) is 10.6. The summed E-state index contributed by atoms with van der Waals surface area (Å²) in [5.41, 5.74) is 0. The van der Waals surface area contributed by atoms with Gasteiger partial charge in [0.1, 0.15) is 0 Å². The standard InChI is InChI=1S/C7H9F2N3O2/c1-14-3-2-12-5(4-13)10-11-7(12)6(8)9/h4,6H,2-3H2,1H3. The quantitative estimate of drug-likeness (QED) is 0.663. The van der Waals surface area contributed by atoms with E-state index in [1.165, 1.54) is 7.11 Å². The summed E-state index contributed by atoms with van der Waals surface area (Å²) >= 11 is 0. The van der Waals surface area contributed by atoms with E-state index in [1.807, 2.05) is 0 Å². The molecule has 0 spiro atoms. The van der Waals surface area contributed by atoms with Crippen molar-refractivity contribution >= 4 is 6.29 Å². The van der Waals surface area contributed by atoms with E-state index in [0.29, 0.717) is 6.29 Å². The highest BCUT2D eigenvalue weighted by Crippen LogP contribution is 2.16. The number of methoxy groups -OCH3 is 1. The van der Waals surface area contributed by atoms with E-state index in [2.05, 4.69) is 10.2 Å². The molecule has 0 aliphatic carbocycles. The van der Waals surface area contributed by atoms with Crippen molar-refractivity contribution in [2.75, 3.05) is 13.7 Å². The first-order chi connectivity index (χ1) is 6.70. The van der Waals surface area contributed by atoms with Gasteiger partial charge in [0.05, 0.1) is 6.61 Å². The van der Waals surface area contributed by atoms with E-state index >= 15 is 0 Å². The monoisotopic (exact) mass is 205 g/mol. The smallest absolute Gasteiger partial charge is 0.297 e. The van der Waals surface area contributed by atoms with Crippen LogP contribution in [0.15, 0.2) is 0 Å². The van der Waals surface area contributed by atoms with E-state index in [-0.39, 0.29) is 19.0 Å². The van der Waals surface area contributed by atoms with Crippen LogP contribution < -0.4 is 0 Å². The molecule has 0 saturated heterocycles. The maximum Gasteiger partial charge on any atom is 0.297 e. The fraction of sp³-hybridized carbons (Fsp3) is 0.571. The summed E-state index contributed by atoms with van der Waals surface area (Å²) in [6, 6.07) is 0. The molecule has 5 nitrogen and oxygen atoms in total. The zero-order valence-corrected chi connectivity index (χ0v) is 7.48. The van der Waals surface area contributed by atoms with Crippen molar-refractivity contribution in [3.05, 3.63) is 11.6 Å². The van der Waals surface area contributed by atoms with Gasteiger partial charge in [0.25, 0.3) is 6.43 Å². The Balaban J connectivity index is 2.93. The molecule has 0 fully saturated rings. The summed E-state index contributed by atoms with van der Waals surface area (Å²) in [6.07, 6.45) is -2.36. The summed E-state index contributed by atoms with van der Waals surface area (Å²) in [7, 11) is 1.44. The number of hydrogen-bond donors (Lipinski definition) is 0. The Kier molecular flexibility index (Phi) is 3.63. The molecule has 0 amide bonds. The van der Waals surface area contributed by atoms with Crippen LogP contribution in [0.4, 0.5) is 8.78 Å². The predicted molar refractivity (Wildman–Crippen MR) is 42.2 cm³/mol. The summed E-state index contributed by atoms with van der Waals surface area (Å²) in [5, 5.41) is 6.53. The number of hydrogen-bond acceptors (Lipinski definition) is 4. The van der Waals surface area contributed by atoms with Gasteiger partial charge in [-0.1, -0.05) is 0 Å². The Labute approximate surface area is 78.7 Å². The van der Waals surface area contributed by atoms with Crippen molar-refractivity contribution in [2.24, 2.45) is 0 Å². The van der Waals surface area contributed by atoms with Crippen molar-refractivity contribution in [3.63, 3.8) is 0 Å². The van der Waals surface area contributed by atoms with Gasteiger partial charge in [-0.15, -0.1) is 10.2 Å². The van der Waals surface area contributed by atoms with Crippen LogP contribution in [0, 0.1) is 0 Å². The van der Waals surface area contributed by atoms with Crippen molar-refractivity contribution in [3.8, 4) is 0 Å². The molecule has 0 aromatic carbocycles. The van der Waals surface area contributed by atoms with E-state index in [1.54, 1.807) is 0 Å². The molecule has 1 aromatic rings. The number of aromatic nitrogens is 3. The number of ether oxygens (including phenoxy) is 1. The molecule has 0 atom stereocenters. The number of carbonyl (C=O) groups is 1. The van der Waals surface area contributed by atoms with E-state index in [9.17, 15) is 13.6 Å². The highest BCUT2D eigenvalue weighted by atomic mass is 19.3. The average molecular weight is 205 g/mol. The predicted octanol–water partition coefficient (Wildman–Crippen LogP) is 0.675. The highest BCUT2D eigenvalue weighted by molar-refractivity contribution is 5.69. The maximum absolute atomic E-state index is 12.3. The number of halogens is 2. The Morgan fingerprint density at radius 2 is 2.29 bits per heavy atom. The van der Waals surface area contributed by atoms with Gasteiger partial charge in [-0.05, 0) is 0 Å². The first kappa shape index (κ1) is 10.7. The summed E-state index contributed by atoms with van der Waals surface area (Å²) in [5.74, 6) is -0.624. The van der Waals surface area contributed by atoms with Crippen molar-refractivity contribution in [1.29, 1.82) is 0 Å². The van der Waals surface area contributed by atoms with Gasteiger partial charge in [-0.2, -0.15) is 0 Å². The Morgan fingerprint density at radius 3 is 2.79 bits per heavy atom. The Bertz CT molecular complexity index is 314. The summed E-state index contributed by atoms with van der Waals surface area (Å²) in [6.45, 7) is 0.357. The van der Waals surface area contributed by atoms with Crippen LogP contribution in [0.25, 0.3) is 0 Å². The third kappa shape index (κ3) is 2.11. The lowest BCUT2D eigenvalue weighted by Crippen LogP contribution is -2.11. The van der Waals surface area contributed by atoms with Crippen molar-refractivity contribution in [2.45, 2.75) is 13.0 Å². The van der Waals surface area contributed by atoms with Crippen LogP contribution in [0.3, 0.4) is 0 Å². The van der Waals surface area contributed by atoms with Crippen LogP contribution in [0.1, 0.15) is 22.9 Å². The molecule has 0 saturated carbocycles. The largest absolute Gasteiger partial charge is 0.383 e. The van der Waals surface area contributed by atoms with E-state index in [0.717, 1.165) is 4.57 Å². The minimum Gasteiger partial charge on any atom is -0.383 e. The van der Waals surface area contributed by atoms with Crippen LogP contribution in [-0.2, 0) is 11.3 Å². The first-order valence-electron chi connectivity index (χ1n) is 3.86. The third-order valence-electron chi connectivity index (χ3n) is 1.63. The molecule has 1 rings (SSSR count). The van der Waals surface area contributed by atoms with Gasteiger partial charge >= 0.3 is 0 Å². The number of carbonyl (C=O) groups excluding carboxylic acids is 1. The lowest BCUT2D eigenvalue weighted by molar-refractivity contribution is 0.110. The Morgan fingerprint density at radius 1 is 1.57 bits per heavy atom. The summed E-state index contributed by atoms with van der Waals surface area (Å²) in [4.78, 5) is 10.4. The van der Waals surface area contributed by atoms with Gasteiger partial charge in [0.15, 0.2) is 12.1 Å². The SMILES string of the molecule is COCCn1c(C=O)nnc1C(F)F. The maximum atomic E-state index is 12.3. The lowest BCUT2D eigenvalue weighted by atomic mass is 10.5. The molecule has 0 N–H and O–H groups in total. The minimum absolute atomic E-state index is 0.114. The second kappa shape index (κ2) is 4.75. The molecule has 0 bridgehead atoms. The number of aldehydes is 1. The van der Waals surface area contributed by atoms with Gasteiger partial charge in [-0.25, -0.2) is 8.78 Å². The molecule has 7 heteroatoms. The van der Waals surface area contributed by atoms with Gasteiger partial charge < -0.3 is 9.30 Å². The van der Waals surface area contributed by atoms with Crippen LogP contribution in [0.2, 0.25) is 0 Å². The van der Waals surface area contributed by atoms with Gasteiger partial charge in [-0.3, -0.25) is 4.79 Å². The summed E-state index contributed by atoms with van der Waals surface area (Å²) < 4.78 is 30.4. The Hall–Kier alpha value is -1.37. The average Bonchev–Trinajstić information content (AvgIpc) is 2.57. The molecule has 0 aliphatic heterocycles. The molecule has 0 aliphatic rings. The van der Waals surface area contributed by atoms with E-state index < -0.39 is 12.2 Å². The molecule has 78 valence electrons. The van der Waals surface area contributed by atoms with Crippen LogP contribution in [-0.4, -0.2) is 34.8 Å². The zero-order valence-electron chi connectivity index (χ0n) is 7.48. The third-order valence-corrected chi connectivity index (χ3v) is 1.63. The number of alkyl halides is 2. The minimum atomic E-state index is -2.74. The highest BCUT2D eigenvalue weighted by Gasteiger charge is 2.19. The fourth-order valence-electron chi connectivity index (χ4n) is 0.988. The molecule has 0 radical (unpaired) electrons. The fourth-order valence-corrected chi connectivity index (χ4v) is 0.988. The normalized spacial score (nSPS) is 10.9. The van der Waals surface area contributed by atoms with Gasteiger partial charge in [0, 0.05) is 13.7 Å². The van der Waals surface area contributed by atoms with Crippen molar-refractivity contribution < 1.29 is 18.3 Å². The second-order valence-electron chi connectivity index (χ2n) is 2.48. The van der Waals surface area contributed by atoms with Crippen LogP contribution >= 0.6 is 0 Å². The molecule has 1 heterocycles. The molecule has 0 unspecified atom stereocenters. The molecular formula is C7H9F2N3O2. The molecule has 14 heavy (non-hydrogen) atoms. The first-order valence-corrected chi connectivity index (χ1v) is 3.86. The lowest BCUT2D eigenvalue weighted by Gasteiger charge is -2.05. The van der Waals surface area contributed by atoms with Crippen LogP contribution in [0.5, 0.6) is 0 Å². The molecular weight excluding hydrogens is 196 g/mol. The molecule has 1 aromatic heterocycles. The second-order valence-corrected chi connectivity index (χ2v) is 2.48. The number of nitrogens with zero attached hydrogens (tertiary/aromatic N) is 3. The number of rotatable bonds is 5. The van der Waals surface area contributed by atoms with E-state index in [4.69, 9.17) is 4.74 Å². The van der Waals surface area contributed by atoms with Crippen molar-refractivity contribution in [1.82, 2.24) is 14.8 Å². The topological polar surface area (TPSA) is 57.0 Å². The van der Waals surface area contributed by atoms with Gasteiger partial charge in [0.2, 0.25) is 5.82 Å².